The predicted molar refractivity (Wildman–Crippen MR) is 110 cm³/mol. The third-order valence-electron chi connectivity index (χ3n) is 5.98. The summed E-state index contributed by atoms with van der Waals surface area (Å²) >= 11 is 2.90. The molecule has 4 aliphatic rings. The summed E-state index contributed by atoms with van der Waals surface area (Å²) in [4.78, 5) is 52.8. The normalized spacial score (nSPS) is 38.0. The molecule has 30 heavy (non-hydrogen) atoms. The van der Waals surface area contributed by atoms with Crippen LogP contribution in [0.25, 0.3) is 0 Å². The third-order valence-corrected chi connectivity index (χ3v) is 9.16. The van der Waals surface area contributed by atoms with Crippen molar-refractivity contribution in [2.75, 3.05) is 0 Å². The van der Waals surface area contributed by atoms with Crippen LogP contribution in [0.3, 0.4) is 0 Å². The first-order valence-electron chi connectivity index (χ1n) is 9.70. The van der Waals surface area contributed by atoms with Crippen molar-refractivity contribution >= 4 is 47.3 Å². The molecule has 4 heterocycles. The summed E-state index contributed by atoms with van der Waals surface area (Å²) in [6.45, 7) is 8.80. The van der Waals surface area contributed by atoms with Gasteiger partial charge >= 0.3 is 11.9 Å². The minimum Gasteiger partial charge on any atom is -0.424 e. The molecule has 0 aromatic heterocycles. The van der Waals surface area contributed by atoms with Gasteiger partial charge in [-0.2, -0.15) is 0 Å². The van der Waals surface area contributed by atoms with Crippen molar-refractivity contribution in [1.29, 1.82) is 0 Å². The van der Waals surface area contributed by atoms with Gasteiger partial charge in [0.2, 0.25) is 18.1 Å². The largest absolute Gasteiger partial charge is 0.424 e. The lowest BCUT2D eigenvalue weighted by Crippen LogP contribution is -2.69. The summed E-state index contributed by atoms with van der Waals surface area (Å²) in [7, 11) is 0. The summed E-state index contributed by atoms with van der Waals surface area (Å²) in [6, 6.07) is -2.90. The molecule has 0 aromatic rings. The molecular formula is C18H26N4O6S2. The number of amides is 2. The molecule has 0 bridgehead atoms. The van der Waals surface area contributed by atoms with Crippen molar-refractivity contribution in [3.8, 4) is 0 Å². The van der Waals surface area contributed by atoms with Gasteiger partial charge in [0.1, 0.15) is 34.9 Å². The van der Waals surface area contributed by atoms with E-state index in [2.05, 4.69) is 0 Å². The molecule has 166 valence electrons. The second-order valence-electron chi connectivity index (χ2n) is 9.01. The molecule has 4 saturated heterocycles. The number of fused-ring (bicyclic) bond motifs is 2. The summed E-state index contributed by atoms with van der Waals surface area (Å²) in [5, 5.41) is -0.532. The van der Waals surface area contributed by atoms with E-state index in [1.54, 1.807) is 0 Å². The minimum atomic E-state index is -1.18. The molecule has 4 aliphatic heterocycles. The Labute approximate surface area is 182 Å². The topological polar surface area (TPSA) is 145 Å². The van der Waals surface area contributed by atoms with E-state index in [1.807, 2.05) is 27.7 Å². The number of hydrogen-bond donors (Lipinski definition) is 2. The fourth-order valence-electron chi connectivity index (χ4n) is 4.53. The molecule has 6 atom stereocenters. The highest BCUT2D eigenvalue weighted by Crippen LogP contribution is 2.51. The molecule has 12 heteroatoms. The molecule has 0 unspecified atom stereocenters. The molecule has 4 rings (SSSR count). The van der Waals surface area contributed by atoms with E-state index in [0.717, 1.165) is 0 Å². The SMILES string of the molecule is CC(OC(=O)[C@@H]1N2C(=O)[C@@H](N)[C@H]2SC1(C)C)OC(=O)[C@@H]1N2C(=O)[C@@H](N)[C@H]2SC1(C)C. The van der Waals surface area contributed by atoms with Crippen LogP contribution in [0.4, 0.5) is 0 Å². The van der Waals surface area contributed by atoms with Gasteiger partial charge in [-0.3, -0.25) is 9.59 Å². The van der Waals surface area contributed by atoms with Gasteiger partial charge in [-0.1, -0.05) is 0 Å². The number of β-lactam (4-membered cyclic amide) rings is 2. The first kappa shape index (κ1) is 21.7. The van der Waals surface area contributed by atoms with Gasteiger partial charge in [-0.15, -0.1) is 23.5 Å². The number of carbonyl (C=O) groups is 4. The quantitative estimate of drug-likeness (QED) is 0.312. The Bertz CT molecular complexity index is 769. The lowest BCUT2D eigenvalue weighted by molar-refractivity contribution is -0.196. The maximum absolute atomic E-state index is 12.8. The molecule has 4 N–H and O–H groups in total. The number of carbonyl (C=O) groups excluding carboxylic acids is 4. The van der Waals surface area contributed by atoms with E-state index in [0.29, 0.717) is 0 Å². The summed E-state index contributed by atoms with van der Waals surface area (Å²) in [5.74, 6) is -1.91. The van der Waals surface area contributed by atoms with E-state index in [4.69, 9.17) is 20.9 Å². The number of thioether (sulfide) groups is 2. The highest BCUT2D eigenvalue weighted by atomic mass is 32.2. The van der Waals surface area contributed by atoms with E-state index in [9.17, 15) is 19.2 Å². The van der Waals surface area contributed by atoms with Gasteiger partial charge in [0.05, 0.1) is 0 Å². The lowest BCUT2D eigenvalue weighted by atomic mass is 9.96. The number of esters is 2. The van der Waals surface area contributed by atoms with Crippen LogP contribution in [0.15, 0.2) is 0 Å². The molecule has 10 nitrogen and oxygen atoms in total. The van der Waals surface area contributed by atoms with Crippen LogP contribution in [0.1, 0.15) is 34.6 Å². The fourth-order valence-corrected chi connectivity index (χ4v) is 7.65. The smallest absolute Gasteiger partial charge is 0.333 e. The van der Waals surface area contributed by atoms with Gasteiger partial charge in [0.25, 0.3) is 0 Å². The molecule has 4 fully saturated rings. The van der Waals surface area contributed by atoms with Crippen LogP contribution in [0.5, 0.6) is 0 Å². The Balaban J connectivity index is 1.41. The Kier molecular flexibility index (Phi) is 4.89. The standard InChI is InChI=1S/C18H26N4O6S2/c1-6(27-15(25)9-17(2,3)29-13-7(19)11(23)21(9)13)28-16(26)10-18(4,5)30-14-8(20)12(24)22(10)14/h6-10,13-14H,19-20H2,1-5H3/t7-,8-,9+,10+,13-,14-/m1/s1. The van der Waals surface area contributed by atoms with Gasteiger partial charge in [0.15, 0.2) is 0 Å². The Morgan fingerprint density at radius 1 is 0.867 bits per heavy atom. The Morgan fingerprint density at radius 2 is 1.20 bits per heavy atom. The maximum Gasteiger partial charge on any atom is 0.333 e. The molecule has 0 radical (unpaired) electrons. The first-order chi connectivity index (χ1) is 13.8. The van der Waals surface area contributed by atoms with E-state index >= 15 is 0 Å². The van der Waals surface area contributed by atoms with Crippen molar-refractivity contribution in [1.82, 2.24) is 9.80 Å². The van der Waals surface area contributed by atoms with Crippen molar-refractivity contribution in [3.63, 3.8) is 0 Å². The van der Waals surface area contributed by atoms with Crippen LogP contribution in [-0.4, -0.2) is 84.3 Å². The second kappa shape index (κ2) is 6.75. The molecule has 0 aromatic carbocycles. The average Bonchev–Trinajstić information content (AvgIpc) is 3.06. The van der Waals surface area contributed by atoms with Crippen molar-refractivity contribution in [2.45, 2.75) is 85.3 Å². The highest BCUT2D eigenvalue weighted by Gasteiger charge is 2.64. The predicted octanol–water partition coefficient (Wildman–Crippen LogP) is -0.802. The van der Waals surface area contributed by atoms with E-state index in [1.165, 1.54) is 40.2 Å². The highest BCUT2D eigenvalue weighted by molar-refractivity contribution is 8.02. The van der Waals surface area contributed by atoms with Gasteiger partial charge in [-0.25, -0.2) is 9.59 Å². The van der Waals surface area contributed by atoms with E-state index in [-0.39, 0.29) is 22.6 Å². The second-order valence-corrected chi connectivity index (χ2v) is 12.6. The molecule has 0 saturated carbocycles. The maximum atomic E-state index is 12.8. The monoisotopic (exact) mass is 458 g/mol. The minimum absolute atomic E-state index is 0.266. The molecular weight excluding hydrogens is 432 g/mol. The Morgan fingerprint density at radius 3 is 1.53 bits per heavy atom. The van der Waals surface area contributed by atoms with Crippen molar-refractivity contribution < 1.29 is 28.7 Å². The average molecular weight is 459 g/mol. The zero-order valence-electron chi connectivity index (χ0n) is 17.4. The molecule has 0 spiro atoms. The fraction of sp³-hybridized carbons (Fsp3) is 0.778. The molecule has 2 amide bonds. The van der Waals surface area contributed by atoms with Crippen molar-refractivity contribution in [3.05, 3.63) is 0 Å². The van der Waals surface area contributed by atoms with Gasteiger partial charge < -0.3 is 30.7 Å². The lowest BCUT2D eigenvalue weighted by Gasteiger charge is -2.42. The van der Waals surface area contributed by atoms with E-state index < -0.39 is 51.9 Å². The zero-order valence-corrected chi connectivity index (χ0v) is 19.0. The van der Waals surface area contributed by atoms with Crippen LogP contribution in [0.2, 0.25) is 0 Å². The van der Waals surface area contributed by atoms with Crippen LogP contribution >= 0.6 is 23.5 Å². The number of hydrogen-bond acceptors (Lipinski definition) is 10. The van der Waals surface area contributed by atoms with Crippen molar-refractivity contribution in [2.24, 2.45) is 11.5 Å². The van der Waals surface area contributed by atoms with Crippen LogP contribution in [-0.2, 0) is 28.7 Å². The van der Waals surface area contributed by atoms with Crippen LogP contribution < -0.4 is 11.5 Å². The van der Waals surface area contributed by atoms with Gasteiger partial charge in [0, 0.05) is 16.4 Å². The number of nitrogens with two attached hydrogens (primary N) is 2. The summed E-state index contributed by atoms with van der Waals surface area (Å²) < 4.78 is 9.55. The first-order valence-corrected chi connectivity index (χ1v) is 11.5. The zero-order chi connectivity index (χ0) is 22.3. The third kappa shape index (κ3) is 2.94. The molecule has 0 aliphatic carbocycles. The number of rotatable bonds is 4. The Hall–Kier alpha value is -1.50. The van der Waals surface area contributed by atoms with Gasteiger partial charge in [-0.05, 0) is 27.7 Å². The summed E-state index contributed by atoms with van der Waals surface area (Å²) in [6.07, 6.45) is -1.18. The number of ether oxygens (including phenoxy) is 2. The van der Waals surface area contributed by atoms with Crippen LogP contribution in [0, 0.1) is 0 Å². The summed E-state index contributed by atoms with van der Waals surface area (Å²) in [5.41, 5.74) is 11.7. The number of nitrogens with zero attached hydrogens (tertiary/aromatic N) is 2.